The standard InChI is InChI=1S/C12H14N2O3S/c13-9-4-5-11-10(6-9)14-12(17-11)18(15,16)7-8-2-1-3-8/h4-6,8H,1-3,7,13H2. The maximum absolute atomic E-state index is 12.1. The molecule has 0 saturated heterocycles. The van der Waals surface area contributed by atoms with Gasteiger partial charge in [-0.15, -0.1) is 0 Å². The quantitative estimate of drug-likeness (QED) is 0.858. The third-order valence-electron chi connectivity index (χ3n) is 3.34. The number of fused-ring (bicyclic) bond motifs is 1. The molecular weight excluding hydrogens is 252 g/mol. The Labute approximate surface area is 105 Å². The van der Waals surface area contributed by atoms with Crippen molar-refractivity contribution in [3.8, 4) is 0 Å². The Kier molecular flexibility index (Phi) is 2.55. The van der Waals surface area contributed by atoms with E-state index in [0.29, 0.717) is 16.8 Å². The number of hydrogen-bond donors (Lipinski definition) is 1. The highest BCUT2D eigenvalue weighted by Crippen LogP contribution is 2.30. The molecule has 0 bridgehead atoms. The zero-order chi connectivity index (χ0) is 12.8. The summed E-state index contributed by atoms with van der Waals surface area (Å²) in [6.07, 6.45) is 3.07. The summed E-state index contributed by atoms with van der Waals surface area (Å²) < 4.78 is 29.5. The normalized spacial score (nSPS) is 16.9. The summed E-state index contributed by atoms with van der Waals surface area (Å²) >= 11 is 0. The zero-order valence-corrected chi connectivity index (χ0v) is 10.6. The smallest absolute Gasteiger partial charge is 0.316 e. The van der Waals surface area contributed by atoms with Crippen molar-refractivity contribution in [1.82, 2.24) is 4.98 Å². The lowest BCUT2D eigenvalue weighted by Crippen LogP contribution is -2.22. The van der Waals surface area contributed by atoms with E-state index in [9.17, 15) is 8.42 Å². The van der Waals surface area contributed by atoms with E-state index in [0.717, 1.165) is 19.3 Å². The molecular formula is C12H14N2O3S. The van der Waals surface area contributed by atoms with Crippen LogP contribution in [0.1, 0.15) is 19.3 Å². The number of sulfone groups is 1. The molecule has 3 rings (SSSR count). The largest absolute Gasteiger partial charge is 0.428 e. The number of aromatic nitrogens is 1. The Balaban J connectivity index is 1.97. The average molecular weight is 266 g/mol. The Morgan fingerprint density at radius 3 is 2.83 bits per heavy atom. The maximum Gasteiger partial charge on any atom is 0.316 e. The highest BCUT2D eigenvalue weighted by molar-refractivity contribution is 7.91. The van der Waals surface area contributed by atoms with Gasteiger partial charge in [0, 0.05) is 5.69 Å². The van der Waals surface area contributed by atoms with Crippen molar-refractivity contribution in [1.29, 1.82) is 0 Å². The number of nitrogens with two attached hydrogens (primary N) is 1. The highest BCUT2D eigenvalue weighted by Gasteiger charge is 2.29. The summed E-state index contributed by atoms with van der Waals surface area (Å²) in [4.78, 5) is 4.02. The van der Waals surface area contributed by atoms with Crippen molar-refractivity contribution < 1.29 is 12.8 Å². The highest BCUT2D eigenvalue weighted by atomic mass is 32.2. The first kappa shape index (κ1) is 11.5. The fourth-order valence-electron chi connectivity index (χ4n) is 2.10. The van der Waals surface area contributed by atoms with Gasteiger partial charge in [-0.25, -0.2) is 8.42 Å². The van der Waals surface area contributed by atoms with Crippen LogP contribution in [0.15, 0.2) is 27.8 Å². The van der Waals surface area contributed by atoms with E-state index in [4.69, 9.17) is 10.2 Å². The molecule has 0 radical (unpaired) electrons. The van der Waals surface area contributed by atoms with Crippen LogP contribution in [-0.2, 0) is 9.84 Å². The lowest BCUT2D eigenvalue weighted by Gasteiger charge is -2.23. The fourth-order valence-corrected chi connectivity index (χ4v) is 3.65. The molecule has 1 aromatic heterocycles. The van der Waals surface area contributed by atoms with E-state index in [1.165, 1.54) is 0 Å². The van der Waals surface area contributed by atoms with Gasteiger partial charge in [-0.05, 0) is 37.0 Å². The molecule has 18 heavy (non-hydrogen) atoms. The van der Waals surface area contributed by atoms with E-state index >= 15 is 0 Å². The summed E-state index contributed by atoms with van der Waals surface area (Å²) in [5, 5.41) is -0.185. The van der Waals surface area contributed by atoms with E-state index < -0.39 is 9.84 Å². The van der Waals surface area contributed by atoms with Crippen molar-refractivity contribution in [2.24, 2.45) is 5.92 Å². The van der Waals surface area contributed by atoms with Gasteiger partial charge in [0.1, 0.15) is 5.52 Å². The van der Waals surface area contributed by atoms with E-state index in [2.05, 4.69) is 4.98 Å². The second kappa shape index (κ2) is 3.98. The van der Waals surface area contributed by atoms with Crippen LogP contribution < -0.4 is 5.73 Å². The average Bonchev–Trinajstić information content (AvgIpc) is 2.67. The molecule has 1 fully saturated rings. The van der Waals surface area contributed by atoms with Crippen molar-refractivity contribution in [3.63, 3.8) is 0 Å². The fraction of sp³-hybridized carbons (Fsp3) is 0.417. The van der Waals surface area contributed by atoms with Gasteiger partial charge in [0.25, 0.3) is 0 Å². The summed E-state index contributed by atoms with van der Waals surface area (Å²) in [7, 11) is -3.41. The summed E-state index contributed by atoms with van der Waals surface area (Å²) in [5.41, 5.74) is 7.11. The molecule has 5 nitrogen and oxygen atoms in total. The number of nitrogens with zero attached hydrogens (tertiary/aromatic N) is 1. The molecule has 96 valence electrons. The minimum absolute atomic E-state index is 0.134. The molecule has 0 aliphatic heterocycles. The van der Waals surface area contributed by atoms with Gasteiger partial charge in [-0.3, -0.25) is 0 Å². The number of hydrogen-bond acceptors (Lipinski definition) is 5. The predicted molar refractivity (Wildman–Crippen MR) is 67.8 cm³/mol. The monoisotopic (exact) mass is 266 g/mol. The molecule has 1 aliphatic carbocycles. The number of anilines is 1. The van der Waals surface area contributed by atoms with Crippen molar-refractivity contribution in [2.75, 3.05) is 11.5 Å². The molecule has 1 saturated carbocycles. The third-order valence-corrected chi connectivity index (χ3v) is 4.95. The van der Waals surface area contributed by atoms with Crippen LogP contribution in [-0.4, -0.2) is 19.2 Å². The molecule has 0 atom stereocenters. The number of benzene rings is 1. The number of oxazole rings is 1. The van der Waals surface area contributed by atoms with Crippen LogP contribution in [0.2, 0.25) is 0 Å². The van der Waals surface area contributed by atoms with E-state index in [-0.39, 0.29) is 16.9 Å². The topological polar surface area (TPSA) is 86.2 Å². The predicted octanol–water partition coefficient (Wildman–Crippen LogP) is 1.98. The number of nitrogen functional groups attached to an aromatic ring is 1. The van der Waals surface area contributed by atoms with Crippen molar-refractivity contribution in [3.05, 3.63) is 18.2 Å². The van der Waals surface area contributed by atoms with Gasteiger partial charge >= 0.3 is 5.22 Å². The maximum atomic E-state index is 12.1. The molecule has 2 N–H and O–H groups in total. The first-order valence-corrected chi connectivity index (χ1v) is 7.59. The SMILES string of the molecule is Nc1ccc2oc(S(=O)(=O)CC3CCC3)nc2c1. The second-order valence-corrected chi connectivity index (χ2v) is 6.70. The summed E-state index contributed by atoms with van der Waals surface area (Å²) in [5.74, 6) is 0.394. The molecule has 1 aliphatic rings. The Hall–Kier alpha value is -1.56. The lowest BCUT2D eigenvalue weighted by molar-refractivity contribution is 0.343. The van der Waals surface area contributed by atoms with E-state index in [1.54, 1.807) is 18.2 Å². The van der Waals surface area contributed by atoms with Crippen LogP contribution in [0, 0.1) is 5.92 Å². The molecule has 0 amide bonds. The Morgan fingerprint density at radius 2 is 2.17 bits per heavy atom. The Bertz CT molecular complexity index is 686. The third kappa shape index (κ3) is 1.96. The van der Waals surface area contributed by atoms with Crippen LogP contribution in [0.4, 0.5) is 5.69 Å². The minimum Gasteiger partial charge on any atom is -0.428 e. The van der Waals surface area contributed by atoms with Gasteiger partial charge in [0.05, 0.1) is 5.75 Å². The second-order valence-electron chi connectivity index (χ2n) is 4.79. The lowest BCUT2D eigenvalue weighted by atomic mass is 9.87. The molecule has 6 heteroatoms. The van der Waals surface area contributed by atoms with Crippen molar-refractivity contribution in [2.45, 2.75) is 24.5 Å². The molecule has 0 unspecified atom stereocenters. The van der Waals surface area contributed by atoms with Crippen molar-refractivity contribution >= 4 is 26.6 Å². The van der Waals surface area contributed by atoms with Gasteiger partial charge < -0.3 is 10.2 Å². The van der Waals surface area contributed by atoms with Gasteiger partial charge in [0.15, 0.2) is 5.58 Å². The van der Waals surface area contributed by atoms with Crippen LogP contribution in [0.25, 0.3) is 11.1 Å². The van der Waals surface area contributed by atoms with Crippen LogP contribution in [0.3, 0.4) is 0 Å². The molecule has 1 heterocycles. The van der Waals surface area contributed by atoms with Gasteiger partial charge in [0.2, 0.25) is 9.84 Å². The summed E-state index contributed by atoms with van der Waals surface area (Å²) in [6.45, 7) is 0. The first-order valence-electron chi connectivity index (χ1n) is 5.93. The summed E-state index contributed by atoms with van der Waals surface area (Å²) in [6, 6.07) is 4.91. The minimum atomic E-state index is -3.41. The Morgan fingerprint density at radius 1 is 1.39 bits per heavy atom. The zero-order valence-electron chi connectivity index (χ0n) is 9.80. The molecule has 0 spiro atoms. The van der Waals surface area contributed by atoms with Gasteiger partial charge in [-0.1, -0.05) is 6.42 Å². The van der Waals surface area contributed by atoms with Gasteiger partial charge in [-0.2, -0.15) is 4.98 Å². The number of rotatable bonds is 3. The molecule has 1 aromatic carbocycles. The molecule has 2 aromatic rings. The van der Waals surface area contributed by atoms with Crippen LogP contribution >= 0.6 is 0 Å². The first-order chi connectivity index (χ1) is 8.54. The van der Waals surface area contributed by atoms with E-state index in [1.807, 2.05) is 0 Å². The van der Waals surface area contributed by atoms with Crippen LogP contribution in [0.5, 0.6) is 0 Å².